The molecule has 1 N–H and O–H groups in total. The zero-order chi connectivity index (χ0) is 15.4. The summed E-state index contributed by atoms with van der Waals surface area (Å²) in [4.78, 5) is 12.0. The summed E-state index contributed by atoms with van der Waals surface area (Å²) in [5, 5.41) is 5.13. The van der Waals surface area contributed by atoms with Crippen LogP contribution in [0.5, 0.6) is 0 Å². The molecule has 3 aromatic rings. The Balaban J connectivity index is 1.66. The Labute approximate surface area is 129 Å². The van der Waals surface area contributed by atoms with Gasteiger partial charge in [-0.2, -0.15) is 5.10 Å². The quantitative estimate of drug-likeness (QED) is 0.583. The van der Waals surface area contributed by atoms with Crippen molar-refractivity contribution in [2.45, 2.75) is 6.42 Å². The zero-order valence-corrected chi connectivity index (χ0v) is 12.4. The number of benzene rings is 2. The topological polar surface area (TPSA) is 46.4 Å². The van der Waals surface area contributed by atoms with E-state index in [-0.39, 0.29) is 5.91 Å². The van der Waals surface area contributed by atoms with E-state index in [4.69, 9.17) is 0 Å². The molecule has 22 heavy (non-hydrogen) atoms. The Hall–Kier alpha value is -2.88. The van der Waals surface area contributed by atoms with Crippen LogP contribution >= 0.6 is 0 Å². The third kappa shape index (κ3) is 3.06. The SMILES string of the molecule is Cn1c(CC(=O)N/N=C\c2ccccc2)cc2ccccc21. The lowest BCUT2D eigenvalue weighted by molar-refractivity contribution is -0.120. The summed E-state index contributed by atoms with van der Waals surface area (Å²) in [6, 6.07) is 19.8. The van der Waals surface area contributed by atoms with Crippen molar-refractivity contribution in [3.8, 4) is 0 Å². The molecule has 0 spiro atoms. The predicted octanol–water partition coefficient (Wildman–Crippen LogP) is 2.87. The molecule has 0 aliphatic heterocycles. The monoisotopic (exact) mass is 291 g/mol. The van der Waals surface area contributed by atoms with Crippen LogP contribution in [0.3, 0.4) is 0 Å². The van der Waals surface area contributed by atoms with Crippen LogP contribution < -0.4 is 5.43 Å². The summed E-state index contributed by atoms with van der Waals surface area (Å²) in [7, 11) is 1.97. The van der Waals surface area contributed by atoms with E-state index in [1.165, 1.54) is 0 Å². The van der Waals surface area contributed by atoms with Gasteiger partial charge >= 0.3 is 0 Å². The molecular weight excluding hydrogens is 274 g/mol. The van der Waals surface area contributed by atoms with E-state index in [9.17, 15) is 4.79 Å². The average Bonchev–Trinajstić information content (AvgIpc) is 2.85. The fourth-order valence-corrected chi connectivity index (χ4v) is 2.44. The Kier molecular flexibility index (Phi) is 4.01. The summed E-state index contributed by atoms with van der Waals surface area (Å²) in [6.45, 7) is 0. The lowest BCUT2D eigenvalue weighted by Crippen LogP contribution is -2.20. The summed E-state index contributed by atoms with van der Waals surface area (Å²) in [5.74, 6) is -0.127. The number of aromatic nitrogens is 1. The maximum atomic E-state index is 12.0. The number of nitrogens with one attached hydrogen (secondary N) is 1. The molecule has 110 valence electrons. The van der Waals surface area contributed by atoms with Gasteiger partial charge in [-0.3, -0.25) is 4.79 Å². The van der Waals surface area contributed by atoms with E-state index in [0.717, 1.165) is 22.2 Å². The van der Waals surface area contributed by atoms with Gasteiger partial charge in [-0.25, -0.2) is 5.43 Å². The molecule has 1 heterocycles. The van der Waals surface area contributed by atoms with Gasteiger partial charge in [0.15, 0.2) is 0 Å². The molecule has 2 aromatic carbocycles. The molecule has 0 bridgehead atoms. The molecule has 0 saturated carbocycles. The lowest BCUT2D eigenvalue weighted by Gasteiger charge is -2.03. The maximum absolute atomic E-state index is 12.0. The number of carbonyl (C=O) groups excluding carboxylic acids is 1. The highest BCUT2D eigenvalue weighted by molar-refractivity contribution is 5.86. The third-order valence-corrected chi connectivity index (χ3v) is 3.60. The van der Waals surface area contributed by atoms with Gasteiger partial charge in [-0.05, 0) is 23.1 Å². The van der Waals surface area contributed by atoms with Crippen molar-refractivity contribution in [3.63, 3.8) is 0 Å². The summed E-state index contributed by atoms with van der Waals surface area (Å²) < 4.78 is 2.04. The highest BCUT2D eigenvalue weighted by Crippen LogP contribution is 2.18. The summed E-state index contributed by atoms with van der Waals surface area (Å²) >= 11 is 0. The standard InChI is InChI=1S/C18H17N3O/c1-21-16(11-15-9-5-6-10-17(15)21)12-18(22)20-19-13-14-7-3-2-4-8-14/h2-11,13H,12H2,1H3,(H,20,22)/b19-13-. The third-order valence-electron chi connectivity index (χ3n) is 3.60. The Morgan fingerprint density at radius 1 is 1.14 bits per heavy atom. The first-order valence-electron chi connectivity index (χ1n) is 7.14. The first kappa shape index (κ1) is 14.1. The van der Waals surface area contributed by atoms with Crippen molar-refractivity contribution < 1.29 is 4.79 Å². The minimum Gasteiger partial charge on any atom is -0.347 e. The van der Waals surface area contributed by atoms with E-state index in [1.54, 1.807) is 6.21 Å². The van der Waals surface area contributed by atoms with Crippen LogP contribution in [0.25, 0.3) is 10.9 Å². The maximum Gasteiger partial charge on any atom is 0.245 e. The number of amides is 1. The molecule has 0 saturated heterocycles. The van der Waals surface area contributed by atoms with Crippen LogP contribution in [0.4, 0.5) is 0 Å². The molecule has 1 aromatic heterocycles. The number of carbonyl (C=O) groups is 1. The summed E-state index contributed by atoms with van der Waals surface area (Å²) in [5.41, 5.74) is 5.61. The number of rotatable bonds is 4. The molecule has 0 atom stereocenters. The second kappa shape index (κ2) is 6.26. The van der Waals surface area contributed by atoms with Gasteiger partial charge in [-0.15, -0.1) is 0 Å². The zero-order valence-electron chi connectivity index (χ0n) is 12.4. The first-order valence-corrected chi connectivity index (χ1v) is 7.14. The number of fused-ring (bicyclic) bond motifs is 1. The van der Waals surface area contributed by atoms with Gasteiger partial charge in [0.2, 0.25) is 5.91 Å². The van der Waals surface area contributed by atoms with E-state index in [1.807, 2.05) is 72.3 Å². The van der Waals surface area contributed by atoms with Crippen molar-refractivity contribution in [1.82, 2.24) is 9.99 Å². The van der Waals surface area contributed by atoms with Gasteiger partial charge in [0.1, 0.15) is 0 Å². The molecule has 3 rings (SSSR count). The van der Waals surface area contributed by atoms with Crippen LogP contribution in [-0.2, 0) is 18.3 Å². The minimum atomic E-state index is -0.127. The smallest absolute Gasteiger partial charge is 0.245 e. The van der Waals surface area contributed by atoms with Gasteiger partial charge in [0, 0.05) is 18.3 Å². The summed E-state index contributed by atoms with van der Waals surface area (Å²) in [6.07, 6.45) is 1.94. The lowest BCUT2D eigenvalue weighted by atomic mass is 10.2. The molecule has 0 fully saturated rings. The largest absolute Gasteiger partial charge is 0.347 e. The fourth-order valence-electron chi connectivity index (χ4n) is 2.44. The molecule has 0 unspecified atom stereocenters. The molecule has 4 heteroatoms. The van der Waals surface area contributed by atoms with Crippen molar-refractivity contribution in [2.75, 3.05) is 0 Å². The Morgan fingerprint density at radius 2 is 1.86 bits per heavy atom. The van der Waals surface area contributed by atoms with Crippen molar-refractivity contribution in [2.24, 2.45) is 12.1 Å². The van der Waals surface area contributed by atoms with Crippen LogP contribution in [0, 0.1) is 0 Å². The first-order chi connectivity index (χ1) is 10.7. The number of nitrogens with zero attached hydrogens (tertiary/aromatic N) is 2. The van der Waals surface area contributed by atoms with Crippen LogP contribution in [0.2, 0.25) is 0 Å². The molecule has 0 aliphatic carbocycles. The highest BCUT2D eigenvalue weighted by atomic mass is 16.2. The second-order valence-electron chi connectivity index (χ2n) is 5.13. The van der Waals surface area contributed by atoms with Gasteiger partial charge in [0.25, 0.3) is 0 Å². The molecule has 4 nitrogen and oxygen atoms in total. The molecule has 0 aliphatic rings. The highest BCUT2D eigenvalue weighted by Gasteiger charge is 2.09. The molecule has 1 amide bonds. The fraction of sp³-hybridized carbons (Fsp3) is 0.111. The van der Waals surface area contributed by atoms with E-state index in [2.05, 4.69) is 10.5 Å². The van der Waals surface area contributed by atoms with Crippen LogP contribution in [0.15, 0.2) is 65.8 Å². The normalized spacial score (nSPS) is 11.1. The van der Waals surface area contributed by atoms with Crippen LogP contribution in [-0.4, -0.2) is 16.7 Å². The van der Waals surface area contributed by atoms with Crippen LogP contribution in [0.1, 0.15) is 11.3 Å². The number of hydrogen-bond acceptors (Lipinski definition) is 2. The van der Waals surface area contributed by atoms with Crippen molar-refractivity contribution >= 4 is 23.0 Å². The Morgan fingerprint density at radius 3 is 2.64 bits per heavy atom. The number of hydrazone groups is 1. The number of aryl methyl sites for hydroxylation is 1. The van der Waals surface area contributed by atoms with Crippen molar-refractivity contribution in [3.05, 3.63) is 71.9 Å². The van der Waals surface area contributed by atoms with E-state index < -0.39 is 0 Å². The Bertz CT molecular complexity index is 819. The molecular formula is C18H17N3O. The van der Waals surface area contributed by atoms with E-state index >= 15 is 0 Å². The van der Waals surface area contributed by atoms with Gasteiger partial charge in [-0.1, -0.05) is 48.5 Å². The predicted molar refractivity (Wildman–Crippen MR) is 88.8 cm³/mol. The average molecular weight is 291 g/mol. The van der Waals surface area contributed by atoms with Crippen molar-refractivity contribution in [1.29, 1.82) is 0 Å². The second-order valence-corrected chi connectivity index (χ2v) is 5.13. The molecule has 0 radical (unpaired) electrons. The minimum absolute atomic E-state index is 0.127. The number of para-hydroxylation sites is 1. The van der Waals surface area contributed by atoms with Gasteiger partial charge < -0.3 is 4.57 Å². The van der Waals surface area contributed by atoms with Gasteiger partial charge in [0.05, 0.1) is 12.6 Å². The van der Waals surface area contributed by atoms with E-state index in [0.29, 0.717) is 6.42 Å². The number of hydrogen-bond donors (Lipinski definition) is 1.